The standard InChI is InChI=1S/C16H25NO2.2C7H11NO3.CHI3/c1-17(2)12-14-7-4-5-10-16(14,18)13-8-6-9-15(11-13)19-3;9-7-4-2-1-3-6(7)5-8(10)11;9-7-5-3-1-2-4-6-8(10)11;2-1(3)4/h6,8-9,11,14,18H,4-5,7,10,12H2,1-3H3;6H,1-5H2;4,6-7H,1-3,5H2;1H/b;;6-4+;/t14-,16+;6-;;/m11../s1. The molecule has 45 heavy (non-hydrogen) atoms. The molecule has 0 bridgehead atoms. The Bertz CT molecular complexity index is 1040. The number of ether oxygens (including phenoxy) is 1. The number of unbranched alkanes of at least 4 members (excludes halogenated alkanes) is 3. The maximum Gasteiger partial charge on any atom is 0.230 e. The summed E-state index contributed by atoms with van der Waals surface area (Å²) in [5.74, 6) is 0.898. The average Bonchev–Trinajstić information content (AvgIpc) is 2.97. The molecule has 1 aromatic carbocycles. The number of aliphatic hydroxyl groups is 1. The molecule has 1 N–H and O–H groups in total. The minimum atomic E-state index is -0.711. The molecule has 2 aliphatic carbocycles. The van der Waals surface area contributed by atoms with Gasteiger partial charge in [-0.2, -0.15) is 0 Å². The molecule has 3 rings (SSSR count). The molecular weight excluding hydrogens is 923 g/mol. The van der Waals surface area contributed by atoms with Crippen LogP contribution in [-0.4, -0.2) is 66.2 Å². The summed E-state index contributed by atoms with van der Waals surface area (Å²) in [6, 6.07) is 7.90. The van der Waals surface area contributed by atoms with E-state index < -0.39 is 15.4 Å². The van der Waals surface area contributed by atoms with Crippen LogP contribution >= 0.6 is 67.8 Å². The van der Waals surface area contributed by atoms with Crippen LogP contribution in [0.1, 0.15) is 82.6 Å². The summed E-state index contributed by atoms with van der Waals surface area (Å²) in [5.41, 5.74) is 0.287. The zero-order valence-electron chi connectivity index (χ0n) is 26.5. The number of benzene rings is 1. The van der Waals surface area contributed by atoms with E-state index in [-0.39, 0.29) is 18.2 Å². The number of nitrogens with zero attached hydrogens (tertiary/aromatic N) is 3. The summed E-state index contributed by atoms with van der Waals surface area (Å²) in [7, 11) is 5.81. The van der Waals surface area contributed by atoms with Crippen LogP contribution in [0.3, 0.4) is 0 Å². The number of methoxy groups -OCH3 is 1. The van der Waals surface area contributed by atoms with Crippen molar-refractivity contribution >= 4 is 79.8 Å². The van der Waals surface area contributed by atoms with Gasteiger partial charge in [0.05, 0.1) is 23.6 Å². The minimum Gasteiger partial charge on any atom is -0.497 e. The molecule has 2 fully saturated rings. The first-order chi connectivity index (χ1) is 21.3. The van der Waals surface area contributed by atoms with Gasteiger partial charge in [-0.15, -0.1) is 0 Å². The highest BCUT2D eigenvalue weighted by atomic mass is 127. The van der Waals surface area contributed by atoms with E-state index in [9.17, 15) is 34.9 Å². The number of carbonyl (C=O) groups excluding carboxylic acids is 2. The van der Waals surface area contributed by atoms with Gasteiger partial charge in [-0.05, 0) is 82.8 Å². The molecule has 0 radical (unpaired) electrons. The molecule has 0 heterocycles. The first-order valence-electron chi connectivity index (χ1n) is 15.1. The van der Waals surface area contributed by atoms with Crippen LogP contribution < -0.4 is 4.74 Å². The maximum atomic E-state index is 11.2. The van der Waals surface area contributed by atoms with E-state index in [0.717, 1.165) is 75.2 Å². The number of alkyl halides is 3. The third kappa shape index (κ3) is 21.5. The van der Waals surface area contributed by atoms with Gasteiger partial charge in [0, 0.05) is 30.2 Å². The van der Waals surface area contributed by atoms with Gasteiger partial charge < -0.3 is 19.5 Å². The number of hydrogen-bond donors (Lipinski definition) is 1. The lowest BCUT2D eigenvalue weighted by Crippen LogP contribution is -2.43. The van der Waals surface area contributed by atoms with Crippen molar-refractivity contribution in [1.82, 2.24) is 4.90 Å². The molecule has 3 atom stereocenters. The lowest BCUT2D eigenvalue weighted by atomic mass is 9.71. The van der Waals surface area contributed by atoms with E-state index in [1.54, 1.807) is 7.11 Å². The van der Waals surface area contributed by atoms with Gasteiger partial charge in [-0.1, -0.05) is 99.2 Å². The highest BCUT2D eigenvalue weighted by molar-refractivity contribution is 14.3. The quantitative estimate of drug-likeness (QED) is 0.0553. The number of ketones is 1. The number of hydrogen-bond acceptors (Lipinski definition) is 9. The summed E-state index contributed by atoms with van der Waals surface area (Å²) in [6.45, 7) is 0.756. The number of Topliss-reactive ketones (excluding diaryl/α,β-unsaturated/α-hetero) is 1. The van der Waals surface area contributed by atoms with Crippen LogP contribution in [0.25, 0.3) is 0 Å². The van der Waals surface area contributed by atoms with Crippen molar-refractivity contribution in [3.63, 3.8) is 0 Å². The Morgan fingerprint density at radius 2 is 1.73 bits per heavy atom. The van der Waals surface area contributed by atoms with Crippen LogP contribution in [0.5, 0.6) is 5.75 Å². The zero-order chi connectivity index (χ0) is 34.3. The SMILES string of the molecule is COc1cccc([C@@]2(O)CCCC[C@@H]2CN(C)C)c1.IC(I)I.O=C1CCCC[C@@H]1C[N+](=O)[O-].O=CCCCC/C=C/[N+](=O)[O-]. The van der Waals surface area contributed by atoms with Crippen LogP contribution in [-0.2, 0) is 15.2 Å². The lowest BCUT2D eigenvalue weighted by Gasteiger charge is -2.41. The van der Waals surface area contributed by atoms with E-state index >= 15 is 0 Å². The average molecular weight is 971 g/mol. The largest absolute Gasteiger partial charge is 0.497 e. The first kappa shape index (κ1) is 44.0. The summed E-state index contributed by atoms with van der Waals surface area (Å²) >= 11 is 6.95. The van der Waals surface area contributed by atoms with Crippen molar-refractivity contribution in [3.8, 4) is 5.75 Å². The lowest BCUT2D eigenvalue weighted by molar-refractivity contribution is -0.485. The molecule has 2 aliphatic rings. The van der Waals surface area contributed by atoms with Crippen molar-refractivity contribution in [2.45, 2.75) is 82.6 Å². The topological polar surface area (TPSA) is 153 Å². The van der Waals surface area contributed by atoms with E-state index in [1.807, 2.05) is 24.3 Å². The number of aldehydes is 1. The Labute approximate surface area is 308 Å². The highest BCUT2D eigenvalue weighted by Gasteiger charge is 2.40. The van der Waals surface area contributed by atoms with Crippen LogP contribution in [0.15, 0.2) is 36.5 Å². The van der Waals surface area contributed by atoms with Crippen molar-refractivity contribution in [2.75, 3.05) is 34.3 Å². The fourth-order valence-corrected chi connectivity index (χ4v) is 5.26. The Kier molecular flexibility index (Phi) is 25.4. The monoisotopic (exact) mass is 971 g/mol. The maximum absolute atomic E-state index is 11.2. The van der Waals surface area contributed by atoms with Crippen LogP contribution in [0.2, 0.25) is 0 Å². The molecule has 11 nitrogen and oxygen atoms in total. The predicted octanol–water partition coefficient (Wildman–Crippen LogP) is 7.77. The molecule has 0 saturated heterocycles. The van der Waals surface area contributed by atoms with Gasteiger partial charge in [0.2, 0.25) is 12.7 Å². The van der Waals surface area contributed by atoms with Gasteiger partial charge in [-0.25, -0.2) is 0 Å². The summed E-state index contributed by atoms with van der Waals surface area (Å²) < 4.78 is 6.03. The smallest absolute Gasteiger partial charge is 0.230 e. The zero-order valence-corrected chi connectivity index (χ0v) is 32.9. The van der Waals surface area contributed by atoms with E-state index in [4.69, 9.17) is 4.74 Å². The van der Waals surface area contributed by atoms with E-state index in [1.165, 1.54) is 12.5 Å². The Morgan fingerprint density at radius 3 is 2.29 bits per heavy atom. The van der Waals surface area contributed by atoms with Crippen molar-refractivity contribution in [1.29, 1.82) is 0 Å². The van der Waals surface area contributed by atoms with Crippen molar-refractivity contribution in [2.24, 2.45) is 11.8 Å². The first-order valence-corrected chi connectivity index (χ1v) is 18.8. The van der Waals surface area contributed by atoms with Gasteiger partial charge in [-0.3, -0.25) is 25.0 Å². The summed E-state index contributed by atoms with van der Waals surface area (Å²) in [6.07, 6.45) is 13.5. The van der Waals surface area contributed by atoms with E-state index in [2.05, 4.69) is 86.8 Å². The van der Waals surface area contributed by atoms with E-state index in [0.29, 0.717) is 31.6 Å². The van der Waals surface area contributed by atoms with Gasteiger partial charge in [0.1, 0.15) is 17.8 Å². The van der Waals surface area contributed by atoms with Gasteiger partial charge in [0.25, 0.3) is 0 Å². The third-order valence-electron chi connectivity index (χ3n) is 7.41. The fraction of sp³-hybridized carbons (Fsp3) is 0.677. The molecule has 2 saturated carbocycles. The van der Waals surface area contributed by atoms with Crippen LogP contribution in [0.4, 0.5) is 0 Å². The molecule has 0 aromatic heterocycles. The third-order valence-corrected chi connectivity index (χ3v) is 7.41. The van der Waals surface area contributed by atoms with Crippen molar-refractivity contribution < 1.29 is 29.3 Å². The highest BCUT2D eigenvalue weighted by Crippen LogP contribution is 2.42. The molecule has 0 spiro atoms. The molecule has 256 valence electrons. The second-order valence-corrected chi connectivity index (χ2v) is 22.0. The Balaban J connectivity index is 0.000000642. The Morgan fingerprint density at radius 1 is 1.09 bits per heavy atom. The molecule has 1 aromatic rings. The number of carbonyl (C=O) groups is 2. The molecule has 0 aliphatic heterocycles. The number of allylic oxidation sites excluding steroid dienone is 1. The molecule has 0 amide bonds. The van der Waals surface area contributed by atoms with Crippen molar-refractivity contribution in [3.05, 3.63) is 62.3 Å². The number of nitro groups is 2. The minimum absolute atomic E-state index is 0.0768. The summed E-state index contributed by atoms with van der Waals surface area (Å²) in [4.78, 5) is 41.9. The fourth-order valence-electron chi connectivity index (χ4n) is 5.26. The Hall–Kier alpha value is -0.990. The normalized spacial score (nSPS) is 21.0. The number of halogens is 3. The molecular formula is C31H48I3N3O8. The summed E-state index contributed by atoms with van der Waals surface area (Å²) in [5, 5.41) is 31.0. The second-order valence-electron chi connectivity index (χ2n) is 11.2. The molecule has 0 unspecified atom stereocenters. The van der Waals surface area contributed by atoms with Gasteiger partial charge >= 0.3 is 0 Å². The molecule has 14 heteroatoms. The number of rotatable bonds is 12. The van der Waals surface area contributed by atoms with Gasteiger partial charge in [0.15, 0.2) is 0 Å². The second kappa shape index (κ2) is 26.0. The predicted molar refractivity (Wildman–Crippen MR) is 203 cm³/mol. The van der Waals surface area contributed by atoms with Crippen LogP contribution in [0, 0.1) is 32.1 Å².